The second-order valence-corrected chi connectivity index (χ2v) is 4.00. The molecule has 17 heavy (non-hydrogen) atoms. The van der Waals surface area contributed by atoms with Gasteiger partial charge in [0.1, 0.15) is 6.10 Å². The van der Waals surface area contributed by atoms with Crippen LogP contribution in [0.2, 0.25) is 0 Å². The lowest BCUT2D eigenvalue weighted by molar-refractivity contribution is -0.138. The van der Waals surface area contributed by atoms with Crippen LogP contribution in [-0.4, -0.2) is 29.8 Å². The van der Waals surface area contributed by atoms with Crippen LogP contribution in [0, 0.1) is 6.92 Å². The second kappa shape index (κ2) is 4.45. The molecule has 0 radical (unpaired) electrons. The molecule has 0 spiro atoms. The Morgan fingerprint density at radius 1 is 1.53 bits per heavy atom. The molecule has 1 saturated heterocycles. The fourth-order valence-electron chi connectivity index (χ4n) is 1.89. The maximum Gasteiger partial charge on any atom is 0.414 e. The Morgan fingerprint density at radius 3 is 2.88 bits per heavy atom. The summed E-state index contributed by atoms with van der Waals surface area (Å²) in [6, 6.07) is 7.43. The second-order valence-electron chi connectivity index (χ2n) is 4.00. The van der Waals surface area contributed by atoms with E-state index >= 15 is 0 Å². The van der Waals surface area contributed by atoms with E-state index in [0.29, 0.717) is 0 Å². The summed E-state index contributed by atoms with van der Waals surface area (Å²) < 4.78 is 5.00. The molecule has 1 atom stereocenters. The van der Waals surface area contributed by atoms with E-state index in [4.69, 9.17) is 9.84 Å². The summed E-state index contributed by atoms with van der Waals surface area (Å²) in [7, 11) is 0. The highest BCUT2D eigenvalue weighted by atomic mass is 16.6. The number of anilines is 1. The van der Waals surface area contributed by atoms with Gasteiger partial charge in [0, 0.05) is 0 Å². The largest absolute Gasteiger partial charge is 0.481 e. The first kappa shape index (κ1) is 11.4. The van der Waals surface area contributed by atoms with E-state index in [2.05, 4.69) is 0 Å². The van der Waals surface area contributed by atoms with Gasteiger partial charge in [-0.3, -0.25) is 9.69 Å². The summed E-state index contributed by atoms with van der Waals surface area (Å²) in [6.07, 6.45) is -1.21. The van der Waals surface area contributed by atoms with E-state index in [0.717, 1.165) is 11.3 Å². The van der Waals surface area contributed by atoms with Gasteiger partial charge in [-0.05, 0) is 18.6 Å². The first-order chi connectivity index (χ1) is 8.08. The zero-order valence-electron chi connectivity index (χ0n) is 9.42. The van der Waals surface area contributed by atoms with Crippen LogP contribution in [0.15, 0.2) is 24.3 Å². The van der Waals surface area contributed by atoms with Crippen molar-refractivity contribution in [1.82, 2.24) is 0 Å². The molecule has 1 aromatic rings. The van der Waals surface area contributed by atoms with Gasteiger partial charge in [0.15, 0.2) is 0 Å². The number of aryl methyl sites for hydroxylation is 1. The van der Waals surface area contributed by atoms with Crippen LogP contribution in [0.5, 0.6) is 0 Å². The molecule has 0 aromatic heterocycles. The molecule has 90 valence electrons. The molecule has 1 fully saturated rings. The van der Waals surface area contributed by atoms with Crippen LogP contribution in [0.3, 0.4) is 0 Å². The van der Waals surface area contributed by atoms with Crippen LogP contribution in [0.25, 0.3) is 0 Å². The highest BCUT2D eigenvalue weighted by molar-refractivity contribution is 5.91. The number of carboxylic acid groups (broad SMARTS) is 1. The zero-order chi connectivity index (χ0) is 12.4. The highest BCUT2D eigenvalue weighted by Crippen LogP contribution is 2.25. The molecule has 1 amide bonds. The predicted molar refractivity (Wildman–Crippen MR) is 61.0 cm³/mol. The third-order valence-electron chi connectivity index (χ3n) is 2.68. The molecule has 1 aliphatic heterocycles. The molecule has 0 aliphatic carbocycles. The number of carbonyl (C=O) groups is 2. The molecule has 2 rings (SSSR count). The minimum atomic E-state index is -0.963. The van der Waals surface area contributed by atoms with Crippen molar-refractivity contribution in [2.24, 2.45) is 0 Å². The summed E-state index contributed by atoms with van der Waals surface area (Å²) in [4.78, 5) is 23.7. The van der Waals surface area contributed by atoms with Crippen molar-refractivity contribution in [2.45, 2.75) is 19.4 Å². The number of amides is 1. The number of hydrogen-bond donors (Lipinski definition) is 1. The van der Waals surface area contributed by atoms with Crippen LogP contribution < -0.4 is 4.90 Å². The molecule has 0 saturated carbocycles. The van der Waals surface area contributed by atoms with Crippen molar-refractivity contribution in [3.8, 4) is 0 Å². The molecular weight excluding hydrogens is 222 g/mol. The normalized spacial score (nSPS) is 19.2. The van der Waals surface area contributed by atoms with Gasteiger partial charge in [-0.2, -0.15) is 0 Å². The Kier molecular flexibility index (Phi) is 2.99. The molecule has 5 nitrogen and oxygen atoms in total. The van der Waals surface area contributed by atoms with E-state index in [-0.39, 0.29) is 13.0 Å². The summed E-state index contributed by atoms with van der Waals surface area (Å²) in [6.45, 7) is 2.18. The van der Waals surface area contributed by atoms with Crippen molar-refractivity contribution in [1.29, 1.82) is 0 Å². The number of carboxylic acids is 1. The average molecular weight is 235 g/mol. The van der Waals surface area contributed by atoms with Gasteiger partial charge in [-0.25, -0.2) is 4.79 Å². The van der Waals surface area contributed by atoms with Crippen LogP contribution >= 0.6 is 0 Å². The Labute approximate surface area is 98.6 Å². The number of ether oxygens (including phenoxy) is 1. The van der Waals surface area contributed by atoms with Crippen LogP contribution in [-0.2, 0) is 9.53 Å². The first-order valence-corrected chi connectivity index (χ1v) is 5.33. The fraction of sp³-hybridized carbons (Fsp3) is 0.333. The zero-order valence-corrected chi connectivity index (χ0v) is 9.42. The van der Waals surface area contributed by atoms with Gasteiger partial charge >= 0.3 is 12.1 Å². The number of carbonyl (C=O) groups excluding carboxylic acids is 1. The number of aliphatic carboxylic acids is 1. The number of rotatable bonds is 3. The number of benzene rings is 1. The van der Waals surface area contributed by atoms with E-state index in [1.807, 2.05) is 31.2 Å². The summed E-state index contributed by atoms with van der Waals surface area (Å²) in [5.41, 5.74) is 1.73. The molecule has 5 heteroatoms. The van der Waals surface area contributed by atoms with Gasteiger partial charge in [-0.1, -0.05) is 18.2 Å². The molecule has 1 N–H and O–H groups in total. The molecule has 1 unspecified atom stereocenters. The van der Waals surface area contributed by atoms with Crippen molar-refractivity contribution in [2.75, 3.05) is 11.4 Å². The monoisotopic (exact) mass is 235 g/mol. The Hall–Kier alpha value is -2.04. The number of para-hydroxylation sites is 1. The minimum absolute atomic E-state index is 0.159. The van der Waals surface area contributed by atoms with Gasteiger partial charge in [-0.15, -0.1) is 0 Å². The van der Waals surface area contributed by atoms with E-state index in [1.165, 1.54) is 4.90 Å². The Bertz CT molecular complexity index is 458. The maximum atomic E-state index is 11.6. The lowest BCUT2D eigenvalue weighted by atomic mass is 10.1. The summed E-state index contributed by atoms with van der Waals surface area (Å²) in [5, 5.41) is 8.66. The Morgan fingerprint density at radius 2 is 2.24 bits per heavy atom. The third kappa shape index (κ3) is 2.38. The number of cyclic esters (lactones) is 1. The average Bonchev–Trinajstić information content (AvgIpc) is 2.59. The third-order valence-corrected chi connectivity index (χ3v) is 2.68. The van der Waals surface area contributed by atoms with Crippen molar-refractivity contribution < 1.29 is 19.4 Å². The highest BCUT2D eigenvalue weighted by Gasteiger charge is 2.34. The predicted octanol–water partition coefficient (Wildman–Crippen LogP) is 1.79. The molecule has 1 heterocycles. The van der Waals surface area contributed by atoms with Crippen LogP contribution in [0.4, 0.5) is 10.5 Å². The number of nitrogens with zero attached hydrogens (tertiary/aromatic N) is 1. The first-order valence-electron chi connectivity index (χ1n) is 5.33. The Balaban J connectivity index is 2.16. The minimum Gasteiger partial charge on any atom is -0.481 e. The smallest absolute Gasteiger partial charge is 0.414 e. The molecule has 1 aliphatic rings. The summed E-state index contributed by atoms with van der Waals surface area (Å²) >= 11 is 0. The quantitative estimate of drug-likeness (QED) is 0.867. The molecule has 0 bridgehead atoms. The standard InChI is InChI=1S/C12H13NO4/c1-8-4-2-3-5-10(8)13-7-9(6-11(14)15)17-12(13)16/h2-5,9H,6-7H2,1H3,(H,14,15). The van der Waals surface area contributed by atoms with E-state index < -0.39 is 18.2 Å². The number of hydrogen-bond acceptors (Lipinski definition) is 3. The molecular formula is C12H13NO4. The topological polar surface area (TPSA) is 66.8 Å². The lowest BCUT2D eigenvalue weighted by Crippen LogP contribution is -2.25. The summed E-state index contributed by atoms with van der Waals surface area (Å²) in [5.74, 6) is -0.963. The van der Waals surface area contributed by atoms with Gasteiger partial charge in [0.25, 0.3) is 0 Å². The fourth-order valence-corrected chi connectivity index (χ4v) is 1.89. The van der Waals surface area contributed by atoms with Crippen molar-refractivity contribution >= 4 is 17.7 Å². The van der Waals surface area contributed by atoms with Crippen LogP contribution in [0.1, 0.15) is 12.0 Å². The van der Waals surface area contributed by atoms with Gasteiger partial charge in [0.2, 0.25) is 0 Å². The van der Waals surface area contributed by atoms with Gasteiger partial charge in [0.05, 0.1) is 18.7 Å². The van der Waals surface area contributed by atoms with E-state index in [1.54, 1.807) is 0 Å². The SMILES string of the molecule is Cc1ccccc1N1CC(CC(=O)O)OC1=O. The van der Waals surface area contributed by atoms with Crippen molar-refractivity contribution in [3.63, 3.8) is 0 Å². The van der Waals surface area contributed by atoms with Crippen molar-refractivity contribution in [3.05, 3.63) is 29.8 Å². The lowest BCUT2D eigenvalue weighted by Gasteiger charge is -2.15. The molecule has 1 aromatic carbocycles. The van der Waals surface area contributed by atoms with Gasteiger partial charge < -0.3 is 9.84 Å². The maximum absolute atomic E-state index is 11.6. The van der Waals surface area contributed by atoms with E-state index in [9.17, 15) is 9.59 Å².